The van der Waals surface area contributed by atoms with E-state index < -0.39 is 0 Å². The molecule has 0 spiro atoms. The minimum absolute atomic E-state index is 0.174. The Bertz CT molecular complexity index is 415. The van der Waals surface area contributed by atoms with Gasteiger partial charge in [-0.15, -0.1) is 0 Å². The highest BCUT2D eigenvalue weighted by Crippen LogP contribution is 2.22. The standard InChI is InChI=1S/C15H18O2/c1-2-17-14-10-8-13(9-11-14)15(16)12-6-4-3-5-7-12/h6,8-11H,2-5,7H2,1H3. The minimum Gasteiger partial charge on any atom is -0.494 e. The van der Waals surface area contributed by atoms with Crippen molar-refractivity contribution in [2.45, 2.75) is 32.6 Å². The lowest BCUT2D eigenvalue weighted by atomic mass is 9.93. The molecule has 90 valence electrons. The Balaban J connectivity index is 2.11. The van der Waals surface area contributed by atoms with E-state index in [0.29, 0.717) is 6.61 Å². The molecule has 0 saturated carbocycles. The van der Waals surface area contributed by atoms with Crippen LogP contribution in [0.3, 0.4) is 0 Å². The molecule has 1 aliphatic carbocycles. The van der Waals surface area contributed by atoms with Crippen molar-refractivity contribution in [3.8, 4) is 5.75 Å². The first-order chi connectivity index (χ1) is 8.31. The second-order valence-electron chi connectivity index (χ2n) is 4.26. The molecule has 0 aromatic heterocycles. The molecule has 0 bridgehead atoms. The monoisotopic (exact) mass is 230 g/mol. The molecule has 0 heterocycles. The van der Waals surface area contributed by atoms with Crippen LogP contribution in [0.2, 0.25) is 0 Å². The number of carbonyl (C=O) groups excluding carboxylic acids is 1. The molecule has 0 radical (unpaired) electrons. The first kappa shape index (κ1) is 11.9. The summed E-state index contributed by atoms with van der Waals surface area (Å²) in [6.07, 6.45) is 6.39. The molecule has 2 nitrogen and oxygen atoms in total. The summed E-state index contributed by atoms with van der Waals surface area (Å²) in [5, 5.41) is 0. The third-order valence-corrected chi connectivity index (χ3v) is 3.01. The summed E-state index contributed by atoms with van der Waals surface area (Å²) in [7, 11) is 0. The molecule has 0 saturated heterocycles. The van der Waals surface area contributed by atoms with Crippen molar-refractivity contribution < 1.29 is 9.53 Å². The second-order valence-corrected chi connectivity index (χ2v) is 4.26. The predicted molar refractivity (Wildman–Crippen MR) is 68.5 cm³/mol. The van der Waals surface area contributed by atoms with Crippen LogP contribution in [-0.2, 0) is 0 Å². The average molecular weight is 230 g/mol. The Hall–Kier alpha value is -1.57. The molecule has 1 aliphatic rings. The smallest absolute Gasteiger partial charge is 0.188 e. The van der Waals surface area contributed by atoms with E-state index in [9.17, 15) is 4.79 Å². The van der Waals surface area contributed by atoms with Crippen molar-refractivity contribution in [2.75, 3.05) is 6.61 Å². The van der Waals surface area contributed by atoms with Gasteiger partial charge in [0.05, 0.1) is 6.61 Å². The zero-order valence-corrected chi connectivity index (χ0v) is 10.2. The summed E-state index contributed by atoms with van der Waals surface area (Å²) in [6.45, 7) is 2.60. The number of ether oxygens (including phenoxy) is 1. The van der Waals surface area contributed by atoms with Gasteiger partial charge in [0.1, 0.15) is 5.75 Å². The summed E-state index contributed by atoms with van der Waals surface area (Å²) in [4.78, 5) is 12.2. The molecule has 17 heavy (non-hydrogen) atoms. The summed E-state index contributed by atoms with van der Waals surface area (Å²) < 4.78 is 5.36. The van der Waals surface area contributed by atoms with Gasteiger partial charge in [0.15, 0.2) is 5.78 Å². The lowest BCUT2D eigenvalue weighted by Gasteiger charge is -2.11. The van der Waals surface area contributed by atoms with Gasteiger partial charge in [-0.2, -0.15) is 0 Å². The van der Waals surface area contributed by atoms with E-state index in [2.05, 4.69) is 6.08 Å². The van der Waals surface area contributed by atoms with E-state index in [0.717, 1.165) is 36.1 Å². The van der Waals surface area contributed by atoms with Crippen LogP contribution in [0, 0.1) is 0 Å². The van der Waals surface area contributed by atoms with E-state index in [1.165, 1.54) is 6.42 Å². The van der Waals surface area contributed by atoms with Crippen LogP contribution in [0.4, 0.5) is 0 Å². The molecule has 0 atom stereocenters. The van der Waals surface area contributed by atoms with Gasteiger partial charge in [-0.05, 0) is 62.4 Å². The lowest BCUT2D eigenvalue weighted by molar-refractivity contribution is 0.102. The molecular formula is C15H18O2. The fraction of sp³-hybridized carbons (Fsp3) is 0.400. The Morgan fingerprint density at radius 3 is 2.59 bits per heavy atom. The third kappa shape index (κ3) is 2.96. The zero-order chi connectivity index (χ0) is 12.1. The van der Waals surface area contributed by atoms with Crippen LogP contribution >= 0.6 is 0 Å². The van der Waals surface area contributed by atoms with Crippen LogP contribution < -0.4 is 4.74 Å². The van der Waals surface area contributed by atoms with Crippen molar-refractivity contribution in [3.63, 3.8) is 0 Å². The Morgan fingerprint density at radius 2 is 2.00 bits per heavy atom. The Morgan fingerprint density at radius 1 is 1.24 bits per heavy atom. The van der Waals surface area contributed by atoms with Crippen molar-refractivity contribution in [2.24, 2.45) is 0 Å². The van der Waals surface area contributed by atoms with Gasteiger partial charge in [0.2, 0.25) is 0 Å². The molecule has 1 aromatic rings. The SMILES string of the molecule is CCOc1ccc(C(=O)C2=CCCCC2)cc1. The van der Waals surface area contributed by atoms with Gasteiger partial charge in [-0.3, -0.25) is 4.79 Å². The highest BCUT2D eigenvalue weighted by molar-refractivity contribution is 6.08. The second kappa shape index (κ2) is 5.67. The highest BCUT2D eigenvalue weighted by atomic mass is 16.5. The van der Waals surface area contributed by atoms with Gasteiger partial charge in [0.25, 0.3) is 0 Å². The minimum atomic E-state index is 0.174. The molecule has 2 heteroatoms. The molecular weight excluding hydrogens is 212 g/mol. The van der Waals surface area contributed by atoms with Crippen LogP contribution in [-0.4, -0.2) is 12.4 Å². The van der Waals surface area contributed by atoms with Crippen LogP contribution in [0.1, 0.15) is 43.0 Å². The van der Waals surface area contributed by atoms with Gasteiger partial charge in [-0.25, -0.2) is 0 Å². The van der Waals surface area contributed by atoms with E-state index in [1.54, 1.807) is 0 Å². The summed E-state index contributed by atoms with van der Waals surface area (Å²) >= 11 is 0. The van der Waals surface area contributed by atoms with E-state index in [-0.39, 0.29) is 5.78 Å². The number of rotatable bonds is 4. The van der Waals surface area contributed by atoms with E-state index in [1.807, 2.05) is 31.2 Å². The van der Waals surface area contributed by atoms with Gasteiger partial charge in [-0.1, -0.05) is 6.08 Å². The first-order valence-electron chi connectivity index (χ1n) is 6.28. The number of benzene rings is 1. The van der Waals surface area contributed by atoms with E-state index in [4.69, 9.17) is 4.74 Å². The number of Topliss-reactive ketones (excluding diaryl/α,β-unsaturated/α-hetero) is 1. The fourth-order valence-corrected chi connectivity index (χ4v) is 2.10. The molecule has 0 amide bonds. The molecule has 0 aliphatic heterocycles. The van der Waals surface area contributed by atoms with Crippen molar-refractivity contribution in [1.29, 1.82) is 0 Å². The number of hydrogen-bond donors (Lipinski definition) is 0. The van der Waals surface area contributed by atoms with Crippen LogP contribution in [0.25, 0.3) is 0 Å². The van der Waals surface area contributed by atoms with Crippen molar-refractivity contribution in [1.82, 2.24) is 0 Å². The fourth-order valence-electron chi connectivity index (χ4n) is 2.10. The molecule has 0 fully saturated rings. The largest absolute Gasteiger partial charge is 0.494 e. The van der Waals surface area contributed by atoms with Gasteiger partial charge < -0.3 is 4.74 Å². The normalized spacial score (nSPS) is 15.2. The Kier molecular flexibility index (Phi) is 3.97. The zero-order valence-electron chi connectivity index (χ0n) is 10.2. The summed E-state index contributed by atoms with van der Waals surface area (Å²) in [6, 6.07) is 7.42. The number of hydrogen-bond acceptors (Lipinski definition) is 2. The number of ketones is 1. The van der Waals surface area contributed by atoms with Gasteiger partial charge in [0, 0.05) is 5.56 Å². The highest BCUT2D eigenvalue weighted by Gasteiger charge is 2.14. The molecule has 0 unspecified atom stereocenters. The van der Waals surface area contributed by atoms with Crippen LogP contribution in [0.15, 0.2) is 35.9 Å². The topological polar surface area (TPSA) is 26.3 Å². The predicted octanol–water partition coefficient (Wildman–Crippen LogP) is 3.77. The van der Waals surface area contributed by atoms with Crippen molar-refractivity contribution in [3.05, 3.63) is 41.5 Å². The molecule has 2 rings (SSSR count). The third-order valence-electron chi connectivity index (χ3n) is 3.01. The maximum Gasteiger partial charge on any atom is 0.188 e. The maximum absolute atomic E-state index is 12.2. The Labute approximate surface area is 102 Å². The quantitative estimate of drug-likeness (QED) is 0.736. The number of allylic oxidation sites excluding steroid dienone is 2. The molecule has 0 N–H and O–H groups in total. The lowest BCUT2D eigenvalue weighted by Crippen LogP contribution is -2.06. The first-order valence-corrected chi connectivity index (χ1v) is 6.28. The van der Waals surface area contributed by atoms with Gasteiger partial charge >= 0.3 is 0 Å². The van der Waals surface area contributed by atoms with Crippen molar-refractivity contribution >= 4 is 5.78 Å². The summed E-state index contributed by atoms with van der Waals surface area (Å²) in [5.74, 6) is 0.995. The maximum atomic E-state index is 12.2. The van der Waals surface area contributed by atoms with Crippen LogP contribution in [0.5, 0.6) is 5.75 Å². The molecule has 1 aromatic carbocycles. The number of carbonyl (C=O) groups is 1. The average Bonchev–Trinajstić information content (AvgIpc) is 2.40. The van der Waals surface area contributed by atoms with E-state index >= 15 is 0 Å². The summed E-state index contributed by atoms with van der Waals surface area (Å²) in [5.41, 5.74) is 1.74.